The molecule has 0 spiro atoms. The van der Waals surface area contributed by atoms with Gasteiger partial charge in [0, 0.05) is 23.0 Å². The monoisotopic (exact) mass is 310 g/mol. The number of nitrogens with zero attached hydrogens (tertiary/aromatic N) is 1. The van der Waals surface area contributed by atoms with Crippen LogP contribution in [-0.4, -0.2) is 21.8 Å². The molecular formula is C15H19ClN2OS. The van der Waals surface area contributed by atoms with Crippen molar-refractivity contribution in [3.8, 4) is 5.75 Å². The number of hydrogen-bond donors (Lipinski definition) is 1. The Morgan fingerprint density at radius 2 is 2.35 bits per heavy atom. The van der Waals surface area contributed by atoms with Gasteiger partial charge in [0.2, 0.25) is 0 Å². The first-order valence-corrected chi connectivity index (χ1v) is 7.82. The molecule has 0 aromatic heterocycles. The number of fused-ring (bicyclic) bond motifs is 4. The minimum Gasteiger partial charge on any atom is -0.468 e. The molecule has 0 amide bonds. The molecule has 3 nitrogen and oxygen atoms in total. The number of thiocarbonyl (C=S) groups is 1. The highest BCUT2D eigenvalue weighted by molar-refractivity contribution is 7.80. The van der Waals surface area contributed by atoms with Gasteiger partial charge in [0.05, 0.1) is 6.04 Å². The van der Waals surface area contributed by atoms with Gasteiger partial charge >= 0.3 is 0 Å². The lowest BCUT2D eigenvalue weighted by molar-refractivity contribution is -0.0839. The molecule has 0 aliphatic carbocycles. The van der Waals surface area contributed by atoms with Gasteiger partial charge in [-0.25, -0.2) is 0 Å². The number of halogens is 1. The molecule has 2 aliphatic rings. The maximum absolute atomic E-state index is 6.33. The van der Waals surface area contributed by atoms with Crippen LogP contribution in [0.15, 0.2) is 18.2 Å². The van der Waals surface area contributed by atoms with Crippen molar-refractivity contribution in [2.24, 2.45) is 0 Å². The van der Waals surface area contributed by atoms with Crippen molar-refractivity contribution in [3.63, 3.8) is 0 Å². The molecule has 0 saturated carbocycles. The molecule has 3 atom stereocenters. The lowest BCUT2D eigenvalue weighted by atomic mass is 9.89. The number of benzene rings is 1. The van der Waals surface area contributed by atoms with E-state index in [1.807, 2.05) is 18.2 Å². The van der Waals surface area contributed by atoms with E-state index in [1.54, 1.807) is 0 Å². The van der Waals surface area contributed by atoms with E-state index in [-0.39, 0.29) is 6.04 Å². The van der Waals surface area contributed by atoms with Gasteiger partial charge in [0.25, 0.3) is 0 Å². The predicted molar refractivity (Wildman–Crippen MR) is 85.2 cm³/mol. The smallest absolute Gasteiger partial charge is 0.184 e. The molecule has 2 heterocycles. The van der Waals surface area contributed by atoms with Gasteiger partial charge in [0.15, 0.2) is 10.8 Å². The van der Waals surface area contributed by atoms with Crippen molar-refractivity contribution in [1.29, 1.82) is 0 Å². The first-order chi connectivity index (χ1) is 9.46. The van der Waals surface area contributed by atoms with Gasteiger partial charge in [-0.3, -0.25) is 0 Å². The topological polar surface area (TPSA) is 24.5 Å². The third-order valence-corrected chi connectivity index (χ3v) is 4.98. The van der Waals surface area contributed by atoms with E-state index in [0.717, 1.165) is 34.3 Å². The quantitative estimate of drug-likeness (QED) is 0.838. The largest absolute Gasteiger partial charge is 0.468 e. The van der Waals surface area contributed by atoms with E-state index in [2.05, 4.69) is 31.0 Å². The predicted octanol–water partition coefficient (Wildman–Crippen LogP) is 3.87. The third-order valence-electron chi connectivity index (χ3n) is 4.33. The van der Waals surface area contributed by atoms with E-state index in [1.165, 1.54) is 0 Å². The maximum atomic E-state index is 6.33. The molecular weight excluding hydrogens is 292 g/mol. The fourth-order valence-corrected chi connectivity index (χ4v) is 4.07. The van der Waals surface area contributed by atoms with Crippen molar-refractivity contribution >= 4 is 28.9 Å². The Kier molecular flexibility index (Phi) is 3.33. The highest BCUT2D eigenvalue weighted by Crippen LogP contribution is 2.47. The zero-order valence-electron chi connectivity index (χ0n) is 11.9. The van der Waals surface area contributed by atoms with Crippen LogP contribution < -0.4 is 10.1 Å². The second-order valence-corrected chi connectivity index (χ2v) is 6.56. The normalized spacial score (nSPS) is 29.3. The van der Waals surface area contributed by atoms with Crippen LogP contribution in [0.2, 0.25) is 5.02 Å². The summed E-state index contributed by atoms with van der Waals surface area (Å²) in [5.74, 6) is 0.861. The maximum Gasteiger partial charge on any atom is 0.184 e. The number of hydrogen-bond acceptors (Lipinski definition) is 2. The van der Waals surface area contributed by atoms with Crippen LogP contribution in [-0.2, 0) is 0 Å². The highest BCUT2D eigenvalue weighted by atomic mass is 35.5. The van der Waals surface area contributed by atoms with E-state index in [0.29, 0.717) is 6.04 Å². The minimum atomic E-state index is -0.403. The number of ether oxygens (including phenoxy) is 1. The van der Waals surface area contributed by atoms with Crippen molar-refractivity contribution in [1.82, 2.24) is 10.2 Å². The summed E-state index contributed by atoms with van der Waals surface area (Å²) in [7, 11) is 0. The molecule has 108 valence electrons. The number of nitrogens with one attached hydrogen (secondary N) is 1. The fraction of sp³-hybridized carbons (Fsp3) is 0.533. The zero-order valence-corrected chi connectivity index (χ0v) is 13.5. The molecule has 20 heavy (non-hydrogen) atoms. The molecule has 0 radical (unpaired) electrons. The van der Waals surface area contributed by atoms with Crippen molar-refractivity contribution < 1.29 is 4.74 Å². The molecule has 3 unspecified atom stereocenters. The Labute approximate surface area is 130 Å². The Morgan fingerprint density at radius 3 is 3.05 bits per heavy atom. The molecule has 1 fully saturated rings. The summed E-state index contributed by atoms with van der Waals surface area (Å²) in [6.45, 7) is 6.45. The van der Waals surface area contributed by atoms with Crippen LogP contribution in [0.4, 0.5) is 0 Å². The second kappa shape index (κ2) is 4.78. The SMILES string of the molecule is CCC(C)N1C(=S)NC2CC1(C)Oc1cccc(Cl)c12. The summed E-state index contributed by atoms with van der Waals surface area (Å²) < 4.78 is 6.29. The van der Waals surface area contributed by atoms with Gasteiger partial charge < -0.3 is 15.0 Å². The van der Waals surface area contributed by atoms with Crippen molar-refractivity contribution in [3.05, 3.63) is 28.8 Å². The average molecular weight is 311 g/mol. The Morgan fingerprint density at radius 1 is 1.60 bits per heavy atom. The van der Waals surface area contributed by atoms with Crippen molar-refractivity contribution in [2.45, 2.75) is 51.4 Å². The molecule has 5 heteroatoms. The zero-order chi connectivity index (χ0) is 14.5. The average Bonchev–Trinajstić information content (AvgIpc) is 2.36. The van der Waals surface area contributed by atoms with Gasteiger partial charge in [-0.15, -0.1) is 0 Å². The molecule has 1 aromatic carbocycles. The van der Waals surface area contributed by atoms with E-state index in [4.69, 9.17) is 28.6 Å². The summed E-state index contributed by atoms with van der Waals surface area (Å²) in [5.41, 5.74) is 0.623. The molecule has 2 aliphatic heterocycles. The van der Waals surface area contributed by atoms with Gasteiger partial charge in [0.1, 0.15) is 5.75 Å². The molecule has 2 bridgehead atoms. The Hall–Kier alpha value is -1.00. The Bertz CT molecular complexity index is 565. The first kappa shape index (κ1) is 14.0. The molecule has 1 aromatic rings. The van der Waals surface area contributed by atoms with Crippen molar-refractivity contribution in [2.75, 3.05) is 0 Å². The van der Waals surface area contributed by atoms with Crippen LogP contribution >= 0.6 is 23.8 Å². The summed E-state index contributed by atoms with van der Waals surface area (Å²) in [4.78, 5) is 2.18. The second-order valence-electron chi connectivity index (χ2n) is 5.76. The summed E-state index contributed by atoms with van der Waals surface area (Å²) in [6, 6.07) is 6.28. The number of rotatable bonds is 2. The molecule has 1 N–H and O–H groups in total. The van der Waals surface area contributed by atoms with Crippen LogP contribution in [0.25, 0.3) is 0 Å². The van der Waals surface area contributed by atoms with Gasteiger partial charge in [-0.2, -0.15) is 0 Å². The fourth-order valence-electron chi connectivity index (χ4n) is 3.26. The standard InChI is InChI=1S/C15H19ClN2OS/c1-4-9(2)18-14(20)17-11-8-15(18,3)19-12-7-5-6-10(16)13(11)12/h5-7,9,11H,4,8H2,1-3H3,(H,17,20). The lowest BCUT2D eigenvalue weighted by Crippen LogP contribution is -2.66. The molecule has 1 saturated heterocycles. The van der Waals surface area contributed by atoms with E-state index < -0.39 is 5.72 Å². The van der Waals surface area contributed by atoms with Crippen LogP contribution in [0.5, 0.6) is 5.75 Å². The van der Waals surface area contributed by atoms with Gasteiger partial charge in [-0.1, -0.05) is 24.6 Å². The third kappa shape index (κ3) is 1.97. The van der Waals surface area contributed by atoms with Crippen LogP contribution in [0.3, 0.4) is 0 Å². The van der Waals surface area contributed by atoms with Crippen LogP contribution in [0.1, 0.15) is 45.2 Å². The molecule has 3 rings (SSSR count). The van der Waals surface area contributed by atoms with Crippen LogP contribution in [0, 0.1) is 0 Å². The highest BCUT2D eigenvalue weighted by Gasteiger charge is 2.49. The van der Waals surface area contributed by atoms with Gasteiger partial charge in [-0.05, 0) is 44.6 Å². The summed E-state index contributed by atoms with van der Waals surface area (Å²) >= 11 is 11.9. The summed E-state index contributed by atoms with van der Waals surface area (Å²) in [5, 5.41) is 4.92. The van der Waals surface area contributed by atoms with E-state index >= 15 is 0 Å². The van der Waals surface area contributed by atoms with E-state index in [9.17, 15) is 0 Å². The minimum absolute atomic E-state index is 0.130. The summed E-state index contributed by atoms with van der Waals surface area (Å²) in [6.07, 6.45) is 1.86. The first-order valence-electron chi connectivity index (χ1n) is 7.03. The Balaban J connectivity index is 2.07. The lowest BCUT2D eigenvalue weighted by Gasteiger charge is -2.54.